The molecule has 0 N–H and O–H groups in total. The maximum absolute atomic E-state index is 12.7. The van der Waals surface area contributed by atoms with Crippen LogP contribution < -0.4 is 0 Å². The Morgan fingerprint density at radius 3 is 2.57 bits per heavy atom. The number of carbonyl (C=O) groups is 1. The summed E-state index contributed by atoms with van der Waals surface area (Å²) < 4.78 is 10.6. The van der Waals surface area contributed by atoms with E-state index in [1.54, 1.807) is 6.07 Å². The number of likely N-dealkylation sites (tertiary alicyclic amines) is 1. The lowest BCUT2D eigenvalue weighted by Gasteiger charge is -2.21. The third-order valence-electron chi connectivity index (χ3n) is 4.30. The van der Waals surface area contributed by atoms with Crippen molar-refractivity contribution in [3.63, 3.8) is 0 Å². The van der Waals surface area contributed by atoms with E-state index in [1.807, 2.05) is 24.8 Å². The molecule has 23 heavy (non-hydrogen) atoms. The Bertz CT molecular complexity index is 687. The van der Waals surface area contributed by atoms with Crippen LogP contribution in [0.5, 0.6) is 0 Å². The van der Waals surface area contributed by atoms with Gasteiger partial charge in [-0.05, 0) is 18.8 Å². The molecule has 1 unspecified atom stereocenters. The lowest BCUT2D eigenvalue weighted by molar-refractivity contribution is 0.0688. The van der Waals surface area contributed by atoms with Crippen molar-refractivity contribution in [2.24, 2.45) is 0 Å². The summed E-state index contributed by atoms with van der Waals surface area (Å²) in [6, 6.07) is 3.65. The highest BCUT2D eigenvalue weighted by Gasteiger charge is 2.34. The molecular formula is C17H23N3O3. The van der Waals surface area contributed by atoms with Crippen LogP contribution in [0.15, 0.2) is 21.2 Å². The second-order valence-corrected chi connectivity index (χ2v) is 6.74. The summed E-state index contributed by atoms with van der Waals surface area (Å²) in [6.07, 6.45) is 1.84. The second-order valence-electron chi connectivity index (χ2n) is 6.74. The van der Waals surface area contributed by atoms with Gasteiger partial charge >= 0.3 is 0 Å². The van der Waals surface area contributed by atoms with Gasteiger partial charge in [-0.3, -0.25) is 4.79 Å². The van der Waals surface area contributed by atoms with E-state index in [-0.39, 0.29) is 23.8 Å². The molecule has 124 valence electrons. The molecule has 0 aliphatic carbocycles. The fourth-order valence-electron chi connectivity index (χ4n) is 2.85. The van der Waals surface area contributed by atoms with Gasteiger partial charge in [0.15, 0.2) is 0 Å². The van der Waals surface area contributed by atoms with Crippen molar-refractivity contribution in [1.82, 2.24) is 15.2 Å². The van der Waals surface area contributed by atoms with Gasteiger partial charge in [-0.25, -0.2) is 0 Å². The Hall–Kier alpha value is -2.11. The van der Waals surface area contributed by atoms with Crippen LogP contribution in [-0.2, 0) is 0 Å². The van der Waals surface area contributed by atoms with Crippen molar-refractivity contribution < 1.29 is 13.8 Å². The smallest absolute Gasteiger partial charge is 0.293 e. The standard InChI is InChI=1S/C17H23N3O3/c1-10(2)12-8-16(23-18-12)17(21)20-7-5-6-14(20)13-9-15(11(3)4)22-19-13/h8-11,14H,5-7H2,1-4H3. The Morgan fingerprint density at radius 2 is 1.96 bits per heavy atom. The van der Waals surface area contributed by atoms with Gasteiger partial charge in [0.25, 0.3) is 5.91 Å². The molecule has 2 aromatic heterocycles. The lowest BCUT2D eigenvalue weighted by Crippen LogP contribution is -2.30. The van der Waals surface area contributed by atoms with Crippen LogP contribution in [0.1, 0.15) is 86.1 Å². The monoisotopic (exact) mass is 317 g/mol. The normalized spacial score (nSPS) is 18.3. The molecule has 1 aliphatic heterocycles. The van der Waals surface area contributed by atoms with E-state index in [2.05, 4.69) is 24.2 Å². The Labute approximate surface area is 135 Å². The number of aromatic nitrogens is 2. The van der Waals surface area contributed by atoms with Crippen LogP contribution in [0.3, 0.4) is 0 Å². The molecule has 1 atom stereocenters. The fourth-order valence-corrected chi connectivity index (χ4v) is 2.85. The minimum absolute atomic E-state index is 0.0497. The van der Waals surface area contributed by atoms with Crippen molar-refractivity contribution in [1.29, 1.82) is 0 Å². The zero-order valence-corrected chi connectivity index (χ0v) is 14.1. The fraction of sp³-hybridized carbons (Fsp3) is 0.588. The van der Waals surface area contributed by atoms with Crippen molar-refractivity contribution >= 4 is 5.91 Å². The van der Waals surface area contributed by atoms with Gasteiger partial charge in [0.2, 0.25) is 5.76 Å². The average molecular weight is 317 g/mol. The van der Waals surface area contributed by atoms with Crippen LogP contribution in [0.4, 0.5) is 0 Å². The lowest BCUT2D eigenvalue weighted by atomic mass is 10.1. The largest absolute Gasteiger partial charge is 0.361 e. The molecule has 1 fully saturated rings. The predicted octanol–water partition coefficient (Wildman–Crippen LogP) is 3.89. The maximum atomic E-state index is 12.7. The third kappa shape index (κ3) is 3.02. The summed E-state index contributed by atoms with van der Waals surface area (Å²) >= 11 is 0. The van der Waals surface area contributed by atoms with E-state index < -0.39 is 0 Å². The first kappa shape index (κ1) is 15.8. The number of nitrogens with zero attached hydrogens (tertiary/aromatic N) is 3. The molecule has 0 saturated carbocycles. The summed E-state index contributed by atoms with van der Waals surface area (Å²) in [7, 11) is 0. The van der Waals surface area contributed by atoms with E-state index in [1.165, 1.54) is 0 Å². The highest BCUT2D eigenvalue weighted by atomic mass is 16.5. The predicted molar refractivity (Wildman–Crippen MR) is 84.2 cm³/mol. The topological polar surface area (TPSA) is 72.4 Å². The molecule has 0 bridgehead atoms. The summed E-state index contributed by atoms with van der Waals surface area (Å²) in [4.78, 5) is 14.6. The van der Waals surface area contributed by atoms with Gasteiger partial charge in [-0.15, -0.1) is 0 Å². The SMILES string of the molecule is CC(C)c1cc(C(=O)N2CCCC2c2cc(C(C)C)on2)on1. The quantitative estimate of drug-likeness (QED) is 0.855. The van der Waals surface area contributed by atoms with Crippen LogP contribution in [0, 0.1) is 0 Å². The van der Waals surface area contributed by atoms with Crippen molar-refractivity contribution in [3.8, 4) is 0 Å². The first-order valence-electron chi connectivity index (χ1n) is 8.21. The van der Waals surface area contributed by atoms with Gasteiger partial charge in [-0.1, -0.05) is 38.0 Å². The second kappa shape index (κ2) is 6.18. The summed E-state index contributed by atoms with van der Waals surface area (Å²) in [5.74, 6) is 1.54. The molecule has 1 saturated heterocycles. The van der Waals surface area contributed by atoms with Gasteiger partial charge < -0.3 is 13.9 Å². The highest BCUT2D eigenvalue weighted by Crippen LogP contribution is 2.34. The van der Waals surface area contributed by atoms with Crippen LogP contribution in [0.25, 0.3) is 0 Å². The number of rotatable bonds is 4. The Morgan fingerprint density at radius 1 is 1.17 bits per heavy atom. The third-order valence-corrected chi connectivity index (χ3v) is 4.30. The van der Waals surface area contributed by atoms with E-state index in [9.17, 15) is 4.79 Å². The Balaban J connectivity index is 1.81. The maximum Gasteiger partial charge on any atom is 0.293 e. The molecule has 0 aromatic carbocycles. The molecule has 2 aromatic rings. The van der Waals surface area contributed by atoms with E-state index >= 15 is 0 Å². The summed E-state index contributed by atoms with van der Waals surface area (Å²) in [5.41, 5.74) is 1.62. The Kier molecular flexibility index (Phi) is 4.24. The zero-order valence-electron chi connectivity index (χ0n) is 14.1. The first-order chi connectivity index (χ1) is 11.0. The molecular weight excluding hydrogens is 294 g/mol. The number of amides is 1. The van der Waals surface area contributed by atoms with Gasteiger partial charge in [-0.2, -0.15) is 0 Å². The van der Waals surface area contributed by atoms with E-state index in [4.69, 9.17) is 9.05 Å². The molecule has 1 aliphatic rings. The van der Waals surface area contributed by atoms with Crippen molar-refractivity contribution in [2.45, 2.75) is 58.4 Å². The van der Waals surface area contributed by atoms with Gasteiger partial charge in [0.05, 0.1) is 11.7 Å². The summed E-state index contributed by atoms with van der Waals surface area (Å²) in [6.45, 7) is 8.86. The number of hydrogen-bond acceptors (Lipinski definition) is 5. The molecule has 0 spiro atoms. The molecule has 0 radical (unpaired) electrons. The van der Waals surface area contributed by atoms with Crippen LogP contribution in [-0.4, -0.2) is 27.7 Å². The zero-order chi connectivity index (χ0) is 16.6. The van der Waals surface area contributed by atoms with Crippen LogP contribution >= 0.6 is 0 Å². The van der Waals surface area contributed by atoms with E-state index in [0.29, 0.717) is 12.3 Å². The molecule has 3 heterocycles. The number of carbonyl (C=O) groups excluding carboxylic acids is 1. The average Bonchev–Trinajstić information content (AvgIpc) is 3.24. The van der Waals surface area contributed by atoms with Gasteiger partial charge in [0.1, 0.15) is 11.5 Å². The van der Waals surface area contributed by atoms with Crippen molar-refractivity contribution in [3.05, 3.63) is 35.0 Å². The van der Waals surface area contributed by atoms with Gasteiger partial charge in [0, 0.05) is 24.6 Å². The minimum atomic E-state index is -0.124. The first-order valence-corrected chi connectivity index (χ1v) is 8.21. The number of hydrogen-bond donors (Lipinski definition) is 0. The molecule has 6 heteroatoms. The molecule has 6 nitrogen and oxygen atoms in total. The highest BCUT2D eigenvalue weighted by molar-refractivity contribution is 5.92. The summed E-state index contributed by atoms with van der Waals surface area (Å²) in [5, 5.41) is 8.14. The van der Waals surface area contributed by atoms with E-state index in [0.717, 1.165) is 30.0 Å². The van der Waals surface area contributed by atoms with Crippen LogP contribution in [0.2, 0.25) is 0 Å². The minimum Gasteiger partial charge on any atom is -0.361 e. The van der Waals surface area contributed by atoms with Crippen molar-refractivity contribution in [2.75, 3.05) is 6.54 Å². The molecule has 3 rings (SSSR count). The molecule has 1 amide bonds.